The molecule has 4 N–H and O–H groups in total. The normalized spacial score (nSPS) is 8.00. The number of hydrogen-bond donors (Lipinski definition) is 2. The number of hydrogen-bond acceptors (Lipinski definition) is 3. The third kappa shape index (κ3) is 1.83. The molecule has 1 rings (SSSR count). The fourth-order valence-corrected chi connectivity index (χ4v) is 0.494. The summed E-state index contributed by atoms with van der Waals surface area (Å²) in [6.07, 6.45) is 2.90. The molecule has 0 amide bonds. The molecule has 0 aliphatic heterocycles. The molecule has 0 unspecified atom stereocenters. The third-order valence-electron chi connectivity index (χ3n) is 0.927. The average Bonchev–Trinajstić information content (AvgIpc) is 1.90. The molecule has 0 saturated heterocycles. The minimum Gasteiger partial charge on any atom is -0.478 e. The molecule has 4 nitrogen and oxygen atoms in total. The number of carbonyl (C=O) groups is 1. The Morgan fingerprint density at radius 2 is 1.90 bits per heavy atom. The molecule has 0 bridgehead atoms. The summed E-state index contributed by atoms with van der Waals surface area (Å²) in [5, 5.41) is 8.36. The minimum atomic E-state index is -0.919. The predicted molar refractivity (Wildman–Crippen MR) is 36.2 cm³/mol. The number of rotatable bonds is 1. The summed E-state index contributed by atoms with van der Waals surface area (Å²) in [6.45, 7) is 0. The molecule has 0 spiro atoms. The Kier molecular flexibility index (Phi) is 3.07. The lowest BCUT2D eigenvalue weighted by atomic mass is 10.3. The van der Waals surface area contributed by atoms with E-state index in [-0.39, 0.29) is 11.7 Å². The quantitative estimate of drug-likeness (QED) is 0.607. The Bertz CT molecular complexity index is 210. The third-order valence-corrected chi connectivity index (χ3v) is 0.927. The summed E-state index contributed by atoms with van der Waals surface area (Å²) in [5.74, 6) is -0.919. The fourth-order valence-electron chi connectivity index (χ4n) is 0.494. The van der Waals surface area contributed by atoms with E-state index in [2.05, 4.69) is 4.98 Å². The van der Waals surface area contributed by atoms with Crippen molar-refractivity contribution in [2.24, 2.45) is 0 Å². The maximum atomic E-state index is 10.2. The van der Waals surface area contributed by atoms with E-state index in [0.717, 1.165) is 0 Å². The van der Waals surface area contributed by atoms with Gasteiger partial charge in [0.15, 0.2) is 0 Å². The van der Waals surface area contributed by atoms with Crippen LogP contribution in [0.2, 0.25) is 0 Å². The zero-order chi connectivity index (χ0) is 6.69. The van der Waals surface area contributed by atoms with Crippen molar-refractivity contribution in [3.63, 3.8) is 0 Å². The molecule has 0 aliphatic rings. The van der Waals surface area contributed by atoms with Gasteiger partial charge in [-0.15, -0.1) is 0 Å². The topological polar surface area (TPSA) is 85.2 Å². The van der Waals surface area contributed by atoms with E-state index in [1.165, 1.54) is 24.5 Å². The van der Waals surface area contributed by atoms with Crippen molar-refractivity contribution in [1.82, 2.24) is 11.1 Å². The zero-order valence-corrected chi connectivity index (χ0v) is 5.32. The van der Waals surface area contributed by atoms with E-state index in [0.29, 0.717) is 0 Å². The van der Waals surface area contributed by atoms with Crippen LogP contribution < -0.4 is 6.15 Å². The molecule has 1 heterocycles. The Morgan fingerprint density at radius 1 is 1.40 bits per heavy atom. The highest BCUT2D eigenvalue weighted by molar-refractivity contribution is 5.87. The lowest BCUT2D eigenvalue weighted by Crippen LogP contribution is -1.94. The maximum Gasteiger partial charge on any atom is 0.335 e. The second-order valence-electron chi connectivity index (χ2n) is 1.54. The van der Waals surface area contributed by atoms with Gasteiger partial charge in [0.05, 0.1) is 5.56 Å². The molecule has 0 fully saturated rings. The first-order valence-corrected chi connectivity index (χ1v) is 2.44. The molecule has 0 atom stereocenters. The van der Waals surface area contributed by atoms with Crippen LogP contribution in [0.4, 0.5) is 0 Å². The van der Waals surface area contributed by atoms with E-state index in [1.54, 1.807) is 0 Å². The lowest BCUT2D eigenvalue weighted by Gasteiger charge is -1.87. The van der Waals surface area contributed by atoms with Gasteiger partial charge in [0, 0.05) is 12.4 Å². The van der Waals surface area contributed by atoms with Crippen LogP contribution in [0.25, 0.3) is 0 Å². The van der Waals surface area contributed by atoms with Crippen molar-refractivity contribution in [2.45, 2.75) is 0 Å². The van der Waals surface area contributed by atoms with Crippen molar-refractivity contribution < 1.29 is 9.90 Å². The molecule has 4 heteroatoms. The van der Waals surface area contributed by atoms with Crippen LogP contribution in [0.1, 0.15) is 10.4 Å². The van der Waals surface area contributed by atoms with E-state index < -0.39 is 5.97 Å². The van der Waals surface area contributed by atoms with Gasteiger partial charge in [-0.1, -0.05) is 0 Å². The molecule has 54 valence electrons. The molecular formula is C6H8N2O2. The van der Waals surface area contributed by atoms with Crippen LogP contribution >= 0.6 is 0 Å². The SMILES string of the molecule is N.O=C(O)c1ccncc1. The van der Waals surface area contributed by atoms with Crippen LogP contribution in [-0.4, -0.2) is 16.1 Å². The summed E-state index contributed by atoms with van der Waals surface area (Å²) < 4.78 is 0. The average molecular weight is 140 g/mol. The molecule has 0 aliphatic carbocycles. The van der Waals surface area contributed by atoms with Crippen molar-refractivity contribution in [3.8, 4) is 0 Å². The van der Waals surface area contributed by atoms with E-state index >= 15 is 0 Å². The molecule has 1 aromatic heterocycles. The Hall–Kier alpha value is -1.42. The van der Waals surface area contributed by atoms with Crippen LogP contribution in [0.15, 0.2) is 24.5 Å². The van der Waals surface area contributed by atoms with E-state index in [9.17, 15) is 4.79 Å². The summed E-state index contributed by atoms with van der Waals surface area (Å²) in [4.78, 5) is 13.8. The number of aromatic carboxylic acids is 1. The fraction of sp³-hybridized carbons (Fsp3) is 0. The summed E-state index contributed by atoms with van der Waals surface area (Å²) >= 11 is 0. The highest BCUT2D eigenvalue weighted by Gasteiger charge is 1.97. The van der Waals surface area contributed by atoms with Crippen LogP contribution in [0.3, 0.4) is 0 Å². The Balaban J connectivity index is 0.000000810. The van der Waals surface area contributed by atoms with Crippen LogP contribution in [0.5, 0.6) is 0 Å². The summed E-state index contributed by atoms with van der Waals surface area (Å²) in [5.41, 5.74) is 0.269. The molecule has 0 saturated carbocycles. The first kappa shape index (κ1) is 8.58. The van der Waals surface area contributed by atoms with Crippen molar-refractivity contribution in [3.05, 3.63) is 30.1 Å². The monoisotopic (exact) mass is 140 g/mol. The minimum absolute atomic E-state index is 0. The molecular weight excluding hydrogens is 132 g/mol. The molecule has 0 radical (unpaired) electrons. The van der Waals surface area contributed by atoms with Gasteiger partial charge in [-0.05, 0) is 12.1 Å². The Labute approximate surface area is 58.1 Å². The van der Waals surface area contributed by atoms with E-state index in [4.69, 9.17) is 5.11 Å². The smallest absolute Gasteiger partial charge is 0.335 e. The summed E-state index contributed by atoms with van der Waals surface area (Å²) in [7, 11) is 0. The van der Waals surface area contributed by atoms with E-state index in [1.807, 2.05) is 0 Å². The molecule has 1 aromatic rings. The highest BCUT2D eigenvalue weighted by Crippen LogP contribution is 1.93. The van der Waals surface area contributed by atoms with Gasteiger partial charge in [-0.25, -0.2) is 4.79 Å². The maximum absolute atomic E-state index is 10.2. The number of carboxylic acid groups (broad SMARTS) is 1. The highest BCUT2D eigenvalue weighted by atomic mass is 16.4. The standard InChI is InChI=1S/C6H5NO2.H3N/c8-6(9)5-1-3-7-4-2-5;/h1-4H,(H,8,9);1H3. The number of nitrogens with zero attached hydrogens (tertiary/aromatic N) is 1. The van der Waals surface area contributed by atoms with Gasteiger partial charge in [-0.2, -0.15) is 0 Å². The van der Waals surface area contributed by atoms with Gasteiger partial charge >= 0.3 is 5.97 Å². The number of aromatic nitrogens is 1. The predicted octanol–water partition coefficient (Wildman–Crippen LogP) is 0.942. The van der Waals surface area contributed by atoms with Crippen molar-refractivity contribution in [1.29, 1.82) is 0 Å². The number of carboxylic acids is 1. The second-order valence-corrected chi connectivity index (χ2v) is 1.54. The van der Waals surface area contributed by atoms with Gasteiger partial charge in [0.1, 0.15) is 0 Å². The van der Waals surface area contributed by atoms with Crippen molar-refractivity contribution in [2.75, 3.05) is 0 Å². The molecule has 10 heavy (non-hydrogen) atoms. The largest absolute Gasteiger partial charge is 0.478 e. The van der Waals surface area contributed by atoms with Crippen molar-refractivity contribution >= 4 is 5.97 Å². The second kappa shape index (κ2) is 3.58. The zero-order valence-electron chi connectivity index (χ0n) is 5.32. The van der Waals surface area contributed by atoms with Gasteiger partial charge in [-0.3, -0.25) is 4.98 Å². The van der Waals surface area contributed by atoms with Crippen LogP contribution in [-0.2, 0) is 0 Å². The number of pyridine rings is 1. The summed E-state index contributed by atoms with van der Waals surface area (Å²) in [6, 6.07) is 2.89. The first-order chi connectivity index (χ1) is 4.30. The Morgan fingerprint density at radius 3 is 2.20 bits per heavy atom. The lowest BCUT2D eigenvalue weighted by molar-refractivity contribution is 0.0697. The van der Waals surface area contributed by atoms with Gasteiger partial charge in [0.2, 0.25) is 0 Å². The van der Waals surface area contributed by atoms with Gasteiger partial charge < -0.3 is 11.3 Å². The first-order valence-electron chi connectivity index (χ1n) is 2.44. The van der Waals surface area contributed by atoms with Gasteiger partial charge in [0.25, 0.3) is 0 Å². The van der Waals surface area contributed by atoms with Crippen LogP contribution in [0, 0.1) is 0 Å². The molecule has 0 aromatic carbocycles.